The third-order valence-corrected chi connectivity index (χ3v) is 3.65. The Labute approximate surface area is 136 Å². The highest BCUT2D eigenvalue weighted by Crippen LogP contribution is 2.33. The molecule has 0 spiro atoms. The first-order valence-electron chi connectivity index (χ1n) is 6.06. The smallest absolute Gasteiger partial charge is 0.168 e. The van der Waals surface area contributed by atoms with Crippen molar-refractivity contribution < 1.29 is 4.74 Å². The summed E-state index contributed by atoms with van der Waals surface area (Å²) in [5.41, 5.74) is 0.657. The number of ether oxygens (including phenoxy) is 1. The molecule has 0 aliphatic heterocycles. The number of rotatable bonds is 4. The molecule has 6 heteroatoms. The fourth-order valence-electron chi connectivity index (χ4n) is 1.56. The van der Waals surface area contributed by atoms with Crippen molar-refractivity contribution in [2.24, 2.45) is 0 Å². The summed E-state index contributed by atoms with van der Waals surface area (Å²) in [4.78, 5) is 8.70. The van der Waals surface area contributed by atoms with Gasteiger partial charge in [0.05, 0.1) is 17.1 Å². The fourth-order valence-corrected chi connectivity index (χ4v) is 2.46. The quantitative estimate of drug-likeness (QED) is 0.657. The molecule has 0 amide bonds. The summed E-state index contributed by atoms with van der Waals surface area (Å²) in [6.45, 7) is 4.05. The number of alkyl halides is 1. The largest absolute Gasteiger partial charge is 0.452 e. The summed E-state index contributed by atoms with van der Waals surface area (Å²) < 4.78 is 6.65. The van der Waals surface area contributed by atoms with E-state index in [2.05, 4.69) is 25.9 Å². The maximum Gasteiger partial charge on any atom is 0.168 e. The monoisotopic (exact) mass is 374 g/mol. The van der Waals surface area contributed by atoms with Crippen LogP contribution in [-0.2, 0) is 5.88 Å². The normalized spacial score (nSPS) is 10.9. The second-order valence-corrected chi connectivity index (χ2v) is 6.09. The van der Waals surface area contributed by atoms with Gasteiger partial charge in [-0.2, -0.15) is 0 Å². The van der Waals surface area contributed by atoms with Gasteiger partial charge in [-0.15, -0.1) is 11.6 Å². The number of hydrogen-bond acceptors (Lipinski definition) is 3. The molecule has 0 aliphatic carbocycles. The molecule has 2 aromatic rings. The summed E-state index contributed by atoms with van der Waals surface area (Å²) >= 11 is 15.4. The maximum absolute atomic E-state index is 6.13. The molecule has 1 aromatic carbocycles. The molecule has 0 bridgehead atoms. The van der Waals surface area contributed by atoms with Crippen molar-refractivity contribution in [2.45, 2.75) is 25.6 Å². The molecule has 0 aliphatic rings. The van der Waals surface area contributed by atoms with Crippen molar-refractivity contribution in [1.29, 1.82) is 0 Å². The van der Waals surface area contributed by atoms with Gasteiger partial charge in [0.1, 0.15) is 17.3 Å². The highest BCUT2D eigenvalue weighted by atomic mass is 79.9. The lowest BCUT2D eigenvalue weighted by molar-refractivity contribution is 0.470. The predicted molar refractivity (Wildman–Crippen MR) is 84.9 cm³/mol. The van der Waals surface area contributed by atoms with Gasteiger partial charge in [0, 0.05) is 10.4 Å². The summed E-state index contributed by atoms with van der Waals surface area (Å²) in [6, 6.07) is 5.40. The first kappa shape index (κ1) is 15.5. The van der Waals surface area contributed by atoms with E-state index in [-0.39, 0.29) is 11.8 Å². The van der Waals surface area contributed by atoms with Gasteiger partial charge in [-0.3, -0.25) is 0 Å². The second kappa shape index (κ2) is 6.74. The van der Waals surface area contributed by atoms with Crippen LogP contribution in [0.1, 0.15) is 31.3 Å². The van der Waals surface area contributed by atoms with Gasteiger partial charge in [0.2, 0.25) is 0 Å². The highest BCUT2D eigenvalue weighted by Gasteiger charge is 2.12. The van der Waals surface area contributed by atoms with E-state index in [1.165, 1.54) is 0 Å². The molecule has 2 rings (SSSR count). The fraction of sp³-hybridized carbons (Fsp3) is 0.286. The van der Waals surface area contributed by atoms with Gasteiger partial charge in [-0.05, 0) is 18.2 Å². The highest BCUT2D eigenvalue weighted by molar-refractivity contribution is 9.10. The van der Waals surface area contributed by atoms with E-state index >= 15 is 0 Å². The molecule has 0 saturated carbocycles. The molecular formula is C14H13BrCl2N2O. The molecule has 1 aromatic heterocycles. The molecule has 0 radical (unpaired) electrons. The van der Waals surface area contributed by atoms with E-state index in [0.29, 0.717) is 22.2 Å². The average molecular weight is 376 g/mol. The lowest BCUT2D eigenvalue weighted by atomic mass is 10.2. The number of hydrogen-bond donors (Lipinski definition) is 0. The summed E-state index contributed by atoms with van der Waals surface area (Å²) in [5.74, 6) is 2.30. The first-order valence-corrected chi connectivity index (χ1v) is 7.76. The van der Waals surface area contributed by atoms with Crippen molar-refractivity contribution >= 4 is 39.1 Å². The van der Waals surface area contributed by atoms with E-state index < -0.39 is 0 Å². The topological polar surface area (TPSA) is 35.0 Å². The Hall–Kier alpha value is -0.840. The van der Waals surface area contributed by atoms with E-state index in [0.717, 1.165) is 10.3 Å². The molecule has 20 heavy (non-hydrogen) atoms. The van der Waals surface area contributed by atoms with Crippen molar-refractivity contribution in [1.82, 2.24) is 9.97 Å². The molecule has 0 unspecified atom stereocenters. The van der Waals surface area contributed by atoms with Crippen molar-refractivity contribution in [3.8, 4) is 11.5 Å². The van der Waals surface area contributed by atoms with Crippen LogP contribution in [0.25, 0.3) is 0 Å². The molecule has 0 fully saturated rings. The van der Waals surface area contributed by atoms with Crippen LogP contribution in [0, 0.1) is 0 Å². The zero-order valence-corrected chi connectivity index (χ0v) is 14.1. The number of benzene rings is 1. The first-order chi connectivity index (χ1) is 9.51. The summed E-state index contributed by atoms with van der Waals surface area (Å²) in [5, 5.41) is 0.507. The van der Waals surface area contributed by atoms with Crippen LogP contribution < -0.4 is 4.74 Å². The molecule has 0 saturated heterocycles. The van der Waals surface area contributed by atoms with Crippen molar-refractivity contribution in [3.05, 3.63) is 45.4 Å². The number of nitrogens with zero attached hydrogens (tertiary/aromatic N) is 2. The van der Waals surface area contributed by atoms with Crippen LogP contribution in [0.4, 0.5) is 0 Å². The minimum Gasteiger partial charge on any atom is -0.452 e. The number of halogens is 3. The van der Waals surface area contributed by atoms with E-state index in [1.807, 2.05) is 19.9 Å². The van der Waals surface area contributed by atoms with Gasteiger partial charge in [-0.1, -0.05) is 41.4 Å². The van der Waals surface area contributed by atoms with E-state index in [9.17, 15) is 0 Å². The Bertz CT molecular complexity index is 620. The summed E-state index contributed by atoms with van der Waals surface area (Å²) in [6.07, 6.45) is 1.64. The molecule has 0 N–H and O–H groups in total. The Morgan fingerprint density at radius 3 is 2.65 bits per heavy atom. The molecule has 0 atom stereocenters. The Morgan fingerprint density at radius 1 is 1.30 bits per heavy atom. The number of aromatic nitrogens is 2. The second-order valence-electron chi connectivity index (χ2n) is 4.50. The maximum atomic E-state index is 6.13. The Balaban J connectivity index is 2.33. The van der Waals surface area contributed by atoms with Gasteiger partial charge < -0.3 is 4.74 Å². The minimum atomic E-state index is 0.238. The Morgan fingerprint density at radius 2 is 2.05 bits per heavy atom. The van der Waals surface area contributed by atoms with Crippen LogP contribution in [0.15, 0.2) is 28.9 Å². The van der Waals surface area contributed by atoms with E-state index in [4.69, 9.17) is 27.9 Å². The molecule has 3 nitrogen and oxygen atoms in total. The molecular weight excluding hydrogens is 363 g/mol. The standard InChI is InChI=1S/C14H13BrCl2N2O/c1-8(2)14-18-7-13(11(6-16)19-14)20-12-4-3-9(15)5-10(12)17/h3-5,7-8H,6H2,1-2H3. The SMILES string of the molecule is CC(C)c1ncc(Oc2ccc(Br)cc2Cl)c(CCl)n1. The predicted octanol–water partition coefficient (Wildman–Crippen LogP) is 5.55. The Kier molecular flexibility index (Phi) is 5.24. The van der Waals surface area contributed by atoms with Crippen LogP contribution in [0.5, 0.6) is 11.5 Å². The van der Waals surface area contributed by atoms with Gasteiger partial charge in [0.25, 0.3) is 0 Å². The van der Waals surface area contributed by atoms with Crippen LogP contribution >= 0.6 is 39.1 Å². The third-order valence-electron chi connectivity index (χ3n) is 2.60. The summed E-state index contributed by atoms with van der Waals surface area (Å²) in [7, 11) is 0. The van der Waals surface area contributed by atoms with Crippen LogP contribution in [0.2, 0.25) is 5.02 Å². The zero-order valence-electron chi connectivity index (χ0n) is 11.0. The molecule has 106 valence electrons. The third kappa shape index (κ3) is 3.62. The average Bonchev–Trinajstić information content (AvgIpc) is 2.42. The lowest BCUT2D eigenvalue weighted by Gasteiger charge is -2.12. The lowest BCUT2D eigenvalue weighted by Crippen LogP contribution is -2.02. The van der Waals surface area contributed by atoms with Crippen molar-refractivity contribution in [2.75, 3.05) is 0 Å². The minimum absolute atomic E-state index is 0.238. The van der Waals surface area contributed by atoms with Crippen molar-refractivity contribution in [3.63, 3.8) is 0 Å². The molecule has 1 heterocycles. The van der Waals surface area contributed by atoms with E-state index in [1.54, 1.807) is 18.3 Å². The van der Waals surface area contributed by atoms with Gasteiger partial charge in [-0.25, -0.2) is 9.97 Å². The van der Waals surface area contributed by atoms with Crippen LogP contribution in [-0.4, -0.2) is 9.97 Å². The zero-order chi connectivity index (χ0) is 14.7. The van der Waals surface area contributed by atoms with Crippen LogP contribution in [0.3, 0.4) is 0 Å². The van der Waals surface area contributed by atoms with Gasteiger partial charge >= 0.3 is 0 Å². The van der Waals surface area contributed by atoms with Gasteiger partial charge in [0.15, 0.2) is 5.75 Å².